The van der Waals surface area contributed by atoms with Gasteiger partial charge in [0, 0.05) is 0 Å². The van der Waals surface area contributed by atoms with Gasteiger partial charge in [0.15, 0.2) is 9.84 Å². The molecule has 0 spiro atoms. The Morgan fingerprint density at radius 1 is 1.14 bits per heavy atom. The molecule has 0 aromatic heterocycles. The predicted molar refractivity (Wildman–Crippen MR) is 83.7 cm³/mol. The van der Waals surface area contributed by atoms with Gasteiger partial charge >= 0.3 is 0 Å². The SMILES string of the molecule is Cc1cccc(CS(=O)(=O)CC(=O)Nc2ccccc2F)c1. The van der Waals surface area contributed by atoms with E-state index in [2.05, 4.69) is 5.32 Å². The molecule has 0 saturated heterocycles. The summed E-state index contributed by atoms with van der Waals surface area (Å²) in [7, 11) is -3.62. The molecule has 2 rings (SSSR count). The zero-order valence-electron chi connectivity index (χ0n) is 12.0. The van der Waals surface area contributed by atoms with Crippen LogP contribution in [-0.2, 0) is 20.4 Å². The van der Waals surface area contributed by atoms with E-state index >= 15 is 0 Å². The number of hydrogen-bond acceptors (Lipinski definition) is 3. The molecule has 2 aromatic carbocycles. The molecule has 2 aromatic rings. The van der Waals surface area contributed by atoms with Gasteiger partial charge in [0.05, 0.1) is 11.4 Å². The Bertz CT molecular complexity index is 787. The average molecular weight is 321 g/mol. The molecule has 0 radical (unpaired) electrons. The number of para-hydroxylation sites is 1. The van der Waals surface area contributed by atoms with E-state index in [9.17, 15) is 17.6 Å². The molecular formula is C16H16FNO3S. The van der Waals surface area contributed by atoms with Gasteiger partial charge in [-0.2, -0.15) is 0 Å². The fourth-order valence-corrected chi connectivity index (χ4v) is 3.32. The van der Waals surface area contributed by atoms with Crippen LogP contribution in [0.5, 0.6) is 0 Å². The van der Waals surface area contributed by atoms with Crippen LogP contribution in [0.3, 0.4) is 0 Å². The molecule has 22 heavy (non-hydrogen) atoms. The van der Waals surface area contributed by atoms with Gasteiger partial charge in [-0.1, -0.05) is 42.0 Å². The first-order valence-electron chi connectivity index (χ1n) is 6.66. The van der Waals surface area contributed by atoms with Crippen molar-refractivity contribution >= 4 is 21.4 Å². The summed E-state index contributed by atoms with van der Waals surface area (Å²) < 4.78 is 37.5. The highest BCUT2D eigenvalue weighted by molar-refractivity contribution is 7.91. The van der Waals surface area contributed by atoms with Crippen LogP contribution in [0.4, 0.5) is 10.1 Å². The van der Waals surface area contributed by atoms with Crippen molar-refractivity contribution in [2.75, 3.05) is 11.1 Å². The number of rotatable bonds is 5. The molecule has 0 fully saturated rings. The lowest BCUT2D eigenvalue weighted by Gasteiger charge is -2.07. The van der Waals surface area contributed by atoms with E-state index in [1.54, 1.807) is 24.3 Å². The normalized spacial score (nSPS) is 11.2. The second-order valence-electron chi connectivity index (χ2n) is 5.05. The molecule has 0 aliphatic heterocycles. The van der Waals surface area contributed by atoms with Crippen molar-refractivity contribution in [2.24, 2.45) is 0 Å². The summed E-state index contributed by atoms with van der Waals surface area (Å²) >= 11 is 0. The van der Waals surface area contributed by atoms with Crippen molar-refractivity contribution in [3.05, 3.63) is 65.5 Å². The molecule has 1 N–H and O–H groups in total. The molecule has 0 bridgehead atoms. The van der Waals surface area contributed by atoms with Gasteiger partial charge in [-0.05, 0) is 24.6 Å². The molecular weight excluding hydrogens is 305 g/mol. The molecule has 0 atom stereocenters. The Labute approximate surface area is 128 Å². The van der Waals surface area contributed by atoms with Crippen molar-refractivity contribution in [2.45, 2.75) is 12.7 Å². The molecule has 116 valence electrons. The van der Waals surface area contributed by atoms with Crippen LogP contribution in [0, 0.1) is 12.7 Å². The van der Waals surface area contributed by atoms with Crippen molar-refractivity contribution in [1.82, 2.24) is 0 Å². The Morgan fingerprint density at radius 2 is 1.86 bits per heavy atom. The molecule has 6 heteroatoms. The first-order valence-corrected chi connectivity index (χ1v) is 8.48. The van der Waals surface area contributed by atoms with Gasteiger partial charge in [-0.3, -0.25) is 4.79 Å². The Balaban J connectivity index is 2.02. The molecule has 0 saturated carbocycles. The van der Waals surface area contributed by atoms with Crippen LogP contribution in [0.1, 0.15) is 11.1 Å². The summed E-state index contributed by atoms with van der Waals surface area (Å²) in [6, 6.07) is 12.7. The van der Waals surface area contributed by atoms with Crippen LogP contribution in [0.15, 0.2) is 48.5 Å². The van der Waals surface area contributed by atoms with E-state index in [4.69, 9.17) is 0 Å². The molecule has 0 aliphatic carbocycles. The van der Waals surface area contributed by atoms with Crippen molar-refractivity contribution in [1.29, 1.82) is 0 Å². The zero-order valence-corrected chi connectivity index (χ0v) is 12.9. The first kappa shape index (κ1) is 16.2. The molecule has 0 unspecified atom stereocenters. The van der Waals surface area contributed by atoms with E-state index in [-0.39, 0.29) is 11.4 Å². The highest BCUT2D eigenvalue weighted by atomic mass is 32.2. The second-order valence-corrected chi connectivity index (χ2v) is 7.11. The maximum Gasteiger partial charge on any atom is 0.239 e. The first-order chi connectivity index (χ1) is 10.4. The summed E-state index contributed by atoms with van der Waals surface area (Å²) in [4.78, 5) is 11.8. The van der Waals surface area contributed by atoms with Crippen molar-refractivity contribution in [3.63, 3.8) is 0 Å². The zero-order chi connectivity index (χ0) is 16.2. The number of halogens is 1. The van der Waals surface area contributed by atoms with Gasteiger partial charge in [0.25, 0.3) is 0 Å². The monoisotopic (exact) mass is 321 g/mol. The lowest BCUT2D eigenvalue weighted by atomic mass is 10.2. The summed E-state index contributed by atoms with van der Waals surface area (Å²) in [5.74, 6) is -2.26. The predicted octanol–water partition coefficient (Wildman–Crippen LogP) is 2.69. The van der Waals surface area contributed by atoms with E-state index in [0.29, 0.717) is 5.56 Å². The van der Waals surface area contributed by atoms with Gasteiger partial charge in [0.1, 0.15) is 11.6 Å². The highest BCUT2D eigenvalue weighted by Gasteiger charge is 2.18. The largest absolute Gasteiger partial charge is 0.323 e. The van der Waals surface area contributed by atoms with Gasteiger partial charge < -0.3 is 5.32 Å². The summed E-state index contributed by atoms with van der Waals surface area (Å²) in [5, 5.41) is 2.27. The topological polar surface area (TPSA) is 63.2 Å². The van der Waals surface area contributed by atoms with E-state index in [0.717, 1.165) is 5.56 Å². The number of benzene rings is 2. The number of carbonyl (C=O) groups is 1. The quantitative estimate of drug-likeness (QED) is 0.921. The molecule has 4 nitrogen and oxygen atoms in total. The van der Waals surface area contributed by atoms with Crippen molar-refractivity contribution in [3.8, 4) is 0 Å². The number of nitrogens with one attached hydrogen (secondary N) is 1. The van der Waals surface area contributed by atoms with Crippen LogP contribution in [0.2, 0.25) is 0 Å². The minimum absolute atomic E-state index is 0.0294. The number of carbonyl (C=O) groups excluding carboxylic acids is 1. The summed E-state index contributed by atoms with van der Waals surface area (Å²) in [6.07, 6.45) is 0. The minimum atomic E-state index is -3.62. The Hall–Kier alpha value is -2.21. The number of aryl methyl sites for hydroxylation is 1. The maximum absolute atomic E-state index is 13.4. The number of anilines is 1. The van der Waals surface area contributed by atoms with Gasteiger partial charge in [-0.15, -0.1) is 0 Å². The van der Waals surface area contributed by atoms with Crippen LogP contribution < -0.4 is 5.32 Å². The van der Waals surface area contributed by atoms with Crippen LogP contribution >= 0.6 is 0 Å². The average Bonchev–Trinajstić information content (AvgIpc) is 2.40. The summed E-state index contributed by atoms with van der Waals surface area (Å²) in [5.41, 5.74) is 1.54. The number of amides is 1. The number of sulfone groups is 1. The molecule has 0 heterocycles. The van der Waals surface area contributed by atoms with Gasteiger partial charge in [0.2, 0.25) is 5.91 Å². The lowest BCUT2D eigenvalue weighted by Crippen LogP contribution is -2.24. The standard InChI is InChI=1S/C16H16FNO3S/c1-12-5-4-6-13(9-12)10-22(20,21)11-16(19)18-15-8-3-2-7-14(15)17/h2-9H,10-11H2,1H3,(H,18,19). The number of hydrogen-bond donors (Lipinski definition) is 1. The summed E-state index contributed by atoms with van der Waals surface area (Å²) in [6.45, 7) is 1.86. The minimum Gasteiger partial charge on any atom is -0.323 e. The van der Waals surface area contributed by atoms with Crippen LogP contribution in [-0.4, -0.2) is 20.1 Å². The Morgan fingerprint density at radius 3 is 2.55 bits per heavy atom. The smallest absolute Gasteiger partial charge is 0.239 e. The highest BCUT2D eigenvalue weighted by Crippen LogP contribution is 2.13. The van der Waals surface area contributed by atoms with Crippen molar-refractivity contribution < 1.29 is 17.6 Å². The van der Waals surface area contributed by atoms with Gasteiger partial charge in [-0.25, -0.2) is 12.8 Å². The third-order valence-corrected chi connectivity index (χ3v) is 4.44. The maximum atomic E-state index is 13.4. The lowest BCUT2D eigenvalue weighted by molar-refractivity contribution is -0.113. The Kier molecular flexibility index (Phi) is 4.92. The molecule has 1 amide bonds. The van der Waals surface area contributed by atoms with Crippen LogP contribution in [0.25, 0.3) is 0 Å². The second kappa shape index (κ2) is 6.70. The van der Waals surface area contributed by atoms with E-state index in [1.807, 2.05) is 13.0 Å². The molecule has 0 aliphatic rings. The van der Waals surface area contributed by atoms with E-state index < -0.39 is 27.3 Å². The third-order valence-electron chi connectivity index (χ3n) is 2.97. The fourth-order valence-electron chi connectivity index (χ4n) is 2.06. The third kappa shape index (κ3) is 4.66. The fraction of sp³-hybridized carbons (Fsp3) is 0.188. The van der Waals surface area contributed by atoms with E-state index in [1.165, 1.54) is 18.2 Å².